The summed E-state index contributed by atoms with van der Waals surface area (Å²) in [4.78, 5) is 16.3. The second kappa shape index (κ2) is 7.06. The van der Waals surface area contributed by atoms with Crippen LogP contribution >= 0.6 is 11.3 Å². The van der Waals surface area contributed by atoms with Gasteiger partial charge < -0.3 is 4.74 Å². The zero-order valence-electron chi connectivity index (χ0n) is 12.8. The molecule has 0 unspecified atom stereocenters. The first-order valence-electron chi connectivity index (χ1n) is 7.28. The minimum absolute atomic E-state index is 0.116. The molecule has 0 N–H and O–H groups in total. The fraction of sp³-hybridized carbons (Fsp3) is 0.111. The first-order chi connectivity index (χ1) is 11.9. The van der Waals surface area contributed by atoms with Gasteiger partial charge in [-0.05, 0) is 17.7 Å². The number of aromatic nitrogens is 1. The maximum Gasteiger partial charge on any atom is 0.416 e. The average molecular weight is 363 g/mol. The van der Waals surface area contributed by atoms with Gasteiger partial charge in [-0.15, -0.1) is 11.3 Å². The lowest BCUT2D eigenvalue weighted by Crippen LogP contribution is -2.07. The van der Waals surface area contributed by atoms with Gasteiger partial charge in [-0.25, -0.2) is 9.78 Å². The van der Waals surface area contributed by atoms with Crippen LogP contribution in [0.1, 0.15) is 21.6 Å². The van der Waals surface area contributed by atoms with E-state index in [0.29, 0.717) is 10.6 Å². The van der Waals surface area contributed by atoms with Crippen molar-refractivity contribution in [1.82, 2.24) is 4.98 Å². The molecule has 1 aromatic heterocycles. The Bertz CT molecular complexity index is 858. The molecule has 0 saturated heterocycles. The summed E-state index contributed by atoms with van der Waals surface area (Å²) in [5, 5.41) is 2.29. The van der Waals surface area contributed by atoms with Gasteiger partial charge in [0, 0.05) is 10.9 Å². The van der Waals surface area contributed by atoms with Crippen molar-refractivity contribution >= 4 is 17.3 Å². The SMILES string of the molecule is O=C(OCc1ccc(C(F)(F)F)cc1)c1csc(-c2ccccc2)n1. The van der Waals surface area contributed by atoms with E-state index in [1.165, 1.54) is 23.5 Å². The van der Waals surface area contributed by atoms with Crippen molar-refractivity contribution in [1.29, 1.82) is 0 Å². The molecular formula is C18H12F3NO2S. The van der Waals surface area contributed by atoms with Crippen LogP contribution in [0.3, 0.4) is 0 Å². The lowest BCUT2D eigenvalue weighted by molar-refractivity contribution is -0.137. The third-order valence-corrected chi connectivity index (χ3v) is 4.28. The monoisotopic (exact) mass is 363 g/mol. The molecule has 3 aromatic rings. The molecule has 0 fully saturated rings. The zero-order chi connectivity index (χ0) is 17.9. The van der Waals surface area contributed by atoms with Crippen LogP contribution in [0.25, 0.3) is 10.6 Å². The van der Waals surface area contributed by atoms with Gasteiger partial charge in [-0.1, -0.05) is 42.5 Å². The van der Waals surface area contributed by atoms with Gasteiger partial charge in [0.25, 0.3) is 0 Å². The first kappa shape index (κ1) is 17.2. The smallest absolute Gasteiger partial charge is 0.416 e. The normalized spacial score (nSPS) is 11.3. The number of carbonyl (C=O) groups excluding carboxylic acids is 1. The van der Waals surface area contributed by atoms with Gasteiger partial charge in [0.15, 0.2) is 5.69 Å². The van der Waals surface area contributed by atoms with E-state index in [-0.39, 0.29) is 12.3 Å². The summed E-state index contributed by atoms with van der Waals surface area (Å²) in [5.74, 6) is -0.613. The van der Waals surface area contributed by atoms with Crippen molar-refractivity contribution < 1.29 is 22.7 Å². The van der Waals surface area contributed by atoms with Gasteiger partial charge in [-0.3, -0.25) is 0 Å². The van der Waals surface area contributed by atoms with E-state index >= 15 is 0 Å². The van der Waals surface area contributed by atoms with Crippen LogP contribution in [0.5, 0.6) is 0 Å². The van der Waals surface area contributed by atoms with Crippen LogP contribution in [0.15, 0.2) is 60.0 Å². The Morgan fingerprint density at radius 2 is 1.72 bits per heavy atom. The maximum absolute atomic E-state index is 12.5. The van der Waals surface area contributed by atoms with Gasteiger partial charge in [0.1, 0.15) is 11.6 Å². The summed E-state index contributed by atoms with van der Waals surface area (Å²) >= 11 is 1.32. The molecule has 0 spiro atoms. The quantitative estimate of drug-likeness (QED) is 0.599. The van der Waals surface area contributed by atoms with Gasteiger partial charge in [0.2, 0.25) is 0 Å². The minimum Gasteiger partial charge on any atom is -0.456 e. The van der Waals surface area contributed by atoms with E-state index < -0.39 is 17.7 Å². The van der Waals surface area contributed by atoms with E-state index in [0.717, 1.165) is 17.7 Å². The lowest BCUT2D eigenvalue weighted by Gasteiger charge is -2.07. The largest absolute Gasteiger partial charge is 0.456 e. The highest BCUT2D eigenvalue weighted by molar-refractivity contribution is 7.13. The third kappa shape index (κ3) is 4.24. The first-order valence-corrected chi connectivity index (χ1v) is 8.15. The molecule has 2 aromatic carbocycles. The van der Waals surface area contributed by atoms with E-state index in [9.17, 15) is 18.0 Å². The highest BCUT2D eigenvalue weighted by atomic mass is 32.1. The number of thiazole rings is 1. The zero-order valence-corrected chi connectivity index (χ0v) is 13.6. The fourth-order valence-corrected chi connectivity index (χ4v) is 2.89. The minimum atomic E-state index is -4.39. The molecule has 3 nitrogen and oxygen atoms in total. The van der Waals surface area contributed by atoms with Crippen molar-refractivity contribution in [3.63, 3.8) is 0 Å². The summed E-state index contributed by atoms with van der Waals surface area (Å²) in [6, 6.07) is 13.9. The molecule has 1 heterocycles. The van der Waals surface area contributed by atoms with E-state index in [1.54, 1.807) is 5.38 Å². The molecule has 7 heteroatoms. The van der Waals surface area contributed by atoms with Crippen molar-refractivity contribution in [2.45, 2.75) is 12.8 Å². The van der Waals surface area contributed by atoms with Crippen LogP contribution in [-0.4, -0.2) is 11.0 Å². The van der Waals surface area contributed by atoms with Crippen molar-refractivity contribution in [2.75, 3.05) is 0 Å². The fourth-order valence-electron chi connectivity index (χ4n) is 2.09. The molecule has 0 saturated carbocycles. The van der Waals surface area contributed by atoms with Gasteiger partial charge >= 0.3 is 12.1 Å². The number of alkyl halides is 3. The predicted molar refractivity (Wildman–Crippen MR) is 88.1 cm³/mol. The molecule has 25 heavy (non-hydrogen) atoms. The van der Waals surface area contributed by atoms with Crippen LogP contribution in [0.4, 0.5) is 13.2 Å². The Labute approximate surface area is 145 Å². The summed E-state index contributed by atoms with van der Waals surface area (Å²) < 4.78 is 42.6. The number of rotatable bonds is 4. The number of halogens is 3. The Morgan fingerprint density at radius 1 is 1.04 bits per heavy atom. The molecule has 3 rings (SSSR count). The number of nitrogens with zero attached hydrogens (tertiary/aromatic N) is 1. The molecule has 0 bridgehead atoms. The number of ether oxygens (including phenoxy) is 1. The molecule has 0 amide bonds. The summed E-state index contributed by atoms with van der Waals surface area (Å²) in [6.07, 6.45) is -4.39. The number of esters is 1. The highest BCUT2D eigenvalue weighted by Crippen LogP contribution is 2.29. The molecule has 128 valence electrons. The van der Waals surface area contributed by atoms with E-state index in [1.807, 2.05) is 30.3 Å². The van der Waals surface area contributed by atoms with Crippen LogP contribution in [0, 0.1) is 0 Å². The second-order valence-electron chi connectivity index (χ2n) is 5.17. The Balaban J connectivity index is 1.62. The van der Waals surface area contributed by atoms with E-state index in [4.69, 9.17) is 4.74 Å². The summed E-state index contributed by atoms with van der Waals surface area (Å²) in [7, 11) is 0. The Morgan fingerprint density at radius 3 is 2.36 bits per heavy atom. The number of hydrogen-bond donors (Lipinski definition) is 0. The van der Waals surface area contributed by atoms with Gasteiger partial charge in [0.05, 0.1) is 5.56 Å². The Hall–Kier alpha value is -2.67. The molecule has 0 aliphatic carbocycles. The molecule has 0 aliphatic heterocycles. The van der Waals surface area contributed by atoms with Crippen LogP contribution in [0.2, 0.25) is 0 Å². The number of hydrogen-bond acceptors (Lipinski definition) is 4. The molecule has 0 radical (unpaired) electrons. The van der Waals surface area contributed by atoms with Gasteiger partial charge in [-0.2, -0.15) is 13.2 Å². The second-order valence-corrected chi connectivity index (χ2v) is 6.03. The van der Waals surface area contributed by atoms with E-state index in [2.05, 4.69) is 4.98 Å². The topological polar surface area (TPSA) is 39.2 Å². The van der Waals surface area contributed by atoms with Crippen molar-refractivity contribution in [3.8, 4) is 10.6 Å². The standard InChI is InChI=1S/C18H12F3NO2S/c19-18(20,21)14-8-6-12(7-9-14)10-24-17(23)15-11-25-16(22-15)13-4-2-1-3-5-13/h1-9,11H,10H2. The molecule has 0 aliphatic rings. The third-order valence-electron chi connectivity index (χ3n) is 3.39. The average Bonchev–Trinajstić information content (AvgIpc) is 3.10. The highest BCUT2D eigenvalue weighted by Gasteiger charge is 2.29. The maximum atomic E-state index is 12.5. The molecular weight excluding hydrogens is 351 g/mol. The van der Waals surface area contributed by atoms with Crippen molar-refractivity contribution in [3.05, 3.63) is 76.8 Å². The summed E-state index contributed by atoms with van der Waals surface area (Å²) in [5.41, 5.74) is 0.805. The van der Waals surface area contributed by atoms with Crippen LogP contribution < -0.4 is 0 Å². The lowest BCUT2D eigenvalue weighted by atomic mass is 10.1. The summed E-state index contributed by atoms with van der Waals surface area (Å²) in [6.45, 7) is -0.116. The predicted octanol–water partition coefficient (Wildman–Crippen LogP) is 5.19. The van der Waals surface area contributed by atoms with Crippen LogP contribution in [-0.2, 0) is 17.5 Å². The van der Waals surface area contributed by atoms with Crippen molar-refractivity contribution in [2.24, 2.45) is 0 Å². The number of carbonyl (C=O) groups is 1. The molecule has 0 atom stereocenters. The Kier molecular flexibility index (Phi) is 4.85. The number of benzene rings is 2.